The first-order valence-corrected chi connectivity index (χ1v) is 18.9. The molecule has 0 amide bonds. The van der Waals surface area contributed by atoms with Crippen LogP contribution in [0.25, 0.3) is 82.8 Å². The summed E-state index contributed by atoms with van der Waals surface area (Å²) in [5, 5.41) is 5.05. The lowest BCUT2D eigenvalue weighted by molar-refractivity contribution is 1.05. The second-order valence-electron chi connectivity index (χ2n) is 13.8. The van der Waals surface area contributed by atoms with Gasteiger partial charge in [-0.05, 0) is 114 Å². The second kappa shape index (κ2) is 13.6. The van der Waals surface area contributed by atoms with Crippen molar-refractivity contribution in [1.82, 2.24) is 9.13 Å². The van der Waals surface area contributed by atoms with Crippen molar-refractivity contribution >= 4 is 49.2 Å². The van der Waals surface area contributed by atoms with Gasteiger partial charge in [0.05, 0.1) is 22.1 Å². The maximum Gasteiger partial charge on any atom is 0.0547 e. The lowest BCUT2D eigenvalue weighted by atomic mass is 9.97. The molecule has 0 saturated carbocycles. The van der Waals surface area contributed by atoms with Gasteiger partial charge in [-0.25, -0.2) is 0 Å². The van der Waals surface area contributed by atoms with Crippen LogP contribution in [0.15, 0.2) is 176 Å². The van der Waals surface area contributed by atoms with Crippen LogP contribution >= 0.6 is 0 Å². The van der Waals surface area contributed by atoms with Gasteiger partial charge in [0, 0.05) is 32.9 Å². The molecule has 0 saturated heterocycles. The van der Waals surface area contributed by atoms with Crippen LogP contribution in [-0.2, 0) is 0 Å². The molecule has 0 radical (unpaired) electrons. The average molecular weight is 683 g/mol. The summed E-state index contributed by atoms with van der Waals surface area (Å²) in [5.41, 5.74) is 16.1. The van der Waals surface area contributed by atoms with Crippen LogP contribution in [-0.4, -0.2) is 9.13 Å². The molecular formula is C51H42N2. The molecule has 2 aromatic heterocycles. The third-order valence-corrected chi connectivity index (χ3v) is 10.7. The van der Waals surface area contributed by atoms with Gasteiger partial charge in [0.15, 0.2) is 0 Å². The molecule has 2 nitrogen and oxygen atoms in total. The van der Waals surface area contributed by atoms with E-state index in [9.17, 15) is 0 Å². The minimum atomic E-state index is 1.07. The number of allylic oxidation sites excluding steroid dienone is 4. The molecule has 7 aromatic carbocycles. The molecule has 0 atom stereocenters. The van der Waals surface area contributed by atoms with E-state index in [0.29, 0.717) is 0 Å². The highest BCUT2D eigenvalue weighted by atomic mass is 15.0. The summed E-state index contributed by atoms with van der Waals surface area (Å²) in [4.78, 5) is 0. The van der Waals surface area contributed by atoms with E-state index >= 15 is 0 Å². The van der Waals surface area contributed by atoms with Gasteiger partial charge in [-0.3, -0.25) is 0 Å². The number of fused-ring (bicyclic) bond motifs is 6. The van der Waals surface area contributed by atoms with Crippen molar-refractivity contribution in [2.45, 2.75) is 33.6 Å². The van der Waals surface area contributed by atoms with Gasteiger partial charge < -0.3 is 9.13 Å². The Bertz CT molecular complexity index is 2840. The molecule has 53 heavy (non-hydrogen) atoms. The molecule has 0 aliphatic heterocycles. The molecule has 2 heteroatoms. The highest BCUT2D eigenvalue weighted by Crippen LogP contribution is 2.40. The number of benzene rings is 7. The number of hydrogen-bond donors (Lipinski definition) is 0. The largest absolute Gasteiger partial charge is 0.309 e. The quantitative estimate of drug-likeness (QED) is 0.171. The fourth-order valence-corrected chi connectivity index (χ4v) is 8.10. The van der Waals surface area contributed by atoms with Crippen molar-refractivity contribution in [2.24, 2.45) is 0 Å². The standard InChI is InChI=1S/C49H36N2.C2H6/c1-33-19-21-35(22-20-33)39-23-26-43-45-31-38(25-28-48(45)51(49(43)32-39)41-16-10-13-36(29-41)34-11-4-2-5-12-34)37-24-27-47-44(30-37)42-17-8-9-18-46(42)50(47)40-14-6-3-7-15-40;1-2/h2-4,6-11,13-32H,5,12H2,1H3;1-2H3. The van der Waals surface area contributed by atoms with Gasteiger partial charge in [-0.1, -0.05) is 135 Å². The predicted octanol–water partition coefficient (Wildman–Crippen LogP) is 14.3. The molecule has 0 spiro atoms. The Hall–Kier alpha value is -6.38. The van der Waals surface area contributed by atoms with Gasteiger partial charge in [-0.2, -0.15) is 0 Å². The zero-order valence-electron chi connectivity index (χ0n) is 30.6. The Kier molecular flexibility index (Phi) is 8.37. The Labute approximate surface area is 311 Å². The number of para-hydroxylation sites is 2. The Morgan fingerprint density at radius 3 is 1.72 bits per heavy atom. The first-order chi connectivity index (χ1) is 26.2. The van der Waals surface area contributed by atoms with E-state index in [0.717, 1.165) is 12.8 Å². The number of aryl methyl sites for hydroxylation is 1. The maximum absolute atomic E-state index is 2.46. The predicted molar refractivity (Wildman–Crippen MR) is 228 cm³/mol. The van der Waals surface area contributed by atoms with E-state index in [1.54, 1.807) is 0 Å². The van der Waals surface area contributed by atoms with Crippen molar-refractivity contribution in [3.8, 4) is 33.6 Å². The number of aromatic nitrogens is 2. The van der Waals surface area contributed by atoms with Crippen LogP contribution in [0, 0.1) is 6.92 Å². The SMILES string of the molecule is CC.Cc1ccc(-c2ccc3c4cc(-c5ccc6c(c5)c5ccccc5n6-c5ccccc5)ccc4n(-c4cccc(C5=CC=CCC5)c4)c3c2)cc1. The van der Waals surface area contributed by atoms with E-state index < -0.39 is 0 Å². The summed E-state index contributed by atoms with van der Waals surface area (Å²) in [6.45, 7) is 6.14. The van der Waals surface area contributed by atoms with Crippen molar-refractivity contribution in [1.29, 1.82) is 0 Å². The third kappa shape index (κ3) is 5.68. The van der Waals surface area contributed by atoms with Crippen molar-refractivity contribution < 1.29 is 0 Å². The molecule has 10 rings (SSSR count). The van der Waals surface area contributed by atoms with Crippen LogP contribution in [0.5, 0.6) is 0 Å². The van der Waals surface area contributed by atoms with Crippen molar-refractivity contribution in [2.75, 3.05) is 0 Å². The topological polar surface area (TPSA) is 9.86 Å². The normalized spacial score (nSPS) is 12.7. The van der Waals surface area contributed by atoms with E-state index in [-0.39, 0.29) is 0 Å². The second-order valence-corrected chi connectivity index (χ2v) is 13.8. The van der Waals surface area contributed by atoms with Gasteiger partial charge in [0.25, 0.3) is 0 Å². The lowest BCUT2D eigenvalue weighted by Gasteiger charge is -2.14. The van der Waals surface area contributed by atoms with E-state index in [1.165, 1.54) is 93.9 Å². The van der Waals surface area contributed by atoms with Crippen LogP contribution < -0.4 is 0 Å². The molecule has 2 heterocycles. The Morgan fingerprint density at radius 1 is 0.415 bits per heavy atom. The number of hydrogen-bond acceptors (Lipinski definition) is 0. The molecule has 0 N–H and O–H groups in total. The first-order valence-electron chi connectivity index (χ1n) is 18.9. The molecular weight excluding hydrogens is 641 g/mol. The average Bonchev–Trinajstić information content (AvgIpc) is 3.74. The molecule has 0 unspecified atom stereocenters. The van der Waals surface area contributed by atoms with Crippen molar-refractivity contribution in [3.05, 3.63) is 187 Å². The fraction of sp³-hybridized carbons (Fsp3) is 0.0980. The summed E-state index contributed by atoms with van der Waals surface area (Å²) in [5.74, 6) is 0. The zero-order valence-corrected chi connectivity index (χ0v) is 30.6. The zero-order chi connectivity index (χ0) is 35.9. The summed E-state index contributed by atoms with van der Waals surface area (Å²) < 4.78 is 4.84. The molecule has 256 valence electrons. The monoisotopic (exact) mass is 682 g/mol. The fourth-order valence-electron chi connectivity index (χ4n) is 8.10. The summed E-state index contributed by atoms with van der Waals surface area (Å²) >= 11 is 0. The highest BCUT2D eigenvalue weighted by molar-refractivity contribution is 6.13. The number of nitrogens with zero attached hydrogens (tertiary/aromatic N) is 2. The van der Waals surface area contributed by atoms with E-state index in [4.69, 9.17) is 0 Å². The van der Waals surface area contributed by atoms with Gasteiger partial charge in [0.2, 0.25) is 0 Å². The number of rotatable bonds is 5. The smallest absolute Gasteiger partial charge is 0.0547 e. The molecule has 0 fully saturated rings. The third-order valence-electron chi connectivity index (χ3n) is 10.7. The molecule has 9 aromatic rings. The van der Waals surface area contributed by atoms with Crippen molar-refractivity contribution in [3.63, 3.8) is 0 Å². The minimum Gasteiger partial charge on any atom is -0.309 e. The summed E-state index contributed by atoms with van der Waals surface area (Å²) in [7, 11) is 0. The minimum absolute atomic E-state index is 1.07. The van der Waals surface area contributed by atoms with Gasteiger partial charge in [-0.15, -0.1) is 0 Å². The molecule has 1 aliphatic rings. The summed E-state index contributed by atoms with van der Waals surface area (Å²) in [6, 6.07) is 58.3. The molecule has 1 aliphatic carbocycles. The summed E-state index contributed by atoms with van der Waals surface area (Å²) in [6.07, 6.45) is 8.88. The highest BCUT2D eigenvalue weighted by Gasteiger charge is 2.17. The maximum atomic E-state index is 2.46. The van der Waals surface area contributed by atoms with E-state index in [2.05, 4.69) is 192 Å². The van der Waals surface area contributed by atoms with Crippen LogP contribution in [0.3, 0.4) is 0 Å². The van der Waals surface area contributed by atoms with Crippen LogP contribution in [0.2, 0.25) is 0 Å². The van der Waals surface area contributed by atoms with Crippen LogP contribution in [0.4, 0.5) is 0 Å². The van der Waals surface area contributed by atoms with Gasteiger partial charge >= 0.3 is 0 Å². The first kappa shape index (κ1) is 32.5. The lowest BCUT2D eigenvalue weighted by Crippen LogP contribution is -1.96. The Morgan fingerprint density at radius 2 is 1.00 bits per heavy atom. The van der Waals surface area contributed by atoms with Crippen LogP contribution in [0.1, 0.15) is 37.8 Å². The van der Waals surface area contributed by atoms with Gasteiger partial charge in [0.1, 0.15) is 0 Å². The van der Waals surface area contributed by atoms with E-state index in [1.807, 2.05) is 13.8 Å². The Balaban J connectivity index is 0.00000183. The molecule has 0 bridgehead atoms.